The van der Waals surface area contributed by atoms with Crippen LogP contribution in [0.1, 0.15) is 6.42 Å². The molecule has 0 aliphatic heterocycles. The number of Topliss-reactive ketones (excluding diaryl/α,β-unsaturated/α-hetero) is 1. The Hall–Kier alpha value is -1.06. The van der Waals surface area contributed by atoms with E-state index in [0.29, 0.717) is 19.5 Å². The number of para-hydroxylation sites is 1. The second kappa shape index (κ2) is 7.35. The molecule has 0 heterocycles. The van der Waals surface area contributed by atoms with Crippen molar-refractivity contribution in [1.29, 1.82) is 0 Å². The van der Waals surface area contributed by atoms with Crippen LogP contribution in [0.3, 0.4) is 0 Å². The molecule has 0 unspecified atom stereocenters. The second-order valence-corrected chi connectivity index (χ2v) is 2.80. The van der Waals surface area contributed by atoms with E-state index in [4.69, 9.17) is 5.73 Å². The molecule has 0 spiro atoms. The molecule has 0 amide bonds. The number of halogens is 1. The van der Waals surface area contributed by atoms with E-state index < -0.39 is 0 Å². The van der Waals surface area contributed by atoms with Crippen molar-refractivity contribution in [2.75, 3.05) is 18.4 Å². The first-order valence-corrected chi connectivity index (χ1v) is 4.33. The van der Waals surface area contributed by atoms with Gasteiger partial charge in [-0.2, -0.15) is 0 Å². The highest BCUT2D eigenvalue weighted by atomic mass is 35.5. The summed E-state index contributed by atoms with van der Waals surface area (Å²) >= 11 is 0. The van der Waals surface area contributed by atoms with Crippen LogP contribution in [0.2, 0.25) is 0 Å². The van der Waals surface area contributed by atoms with Gasteiger partial charge in [-0.1, -0.05) is 18.2 Å². The van der Waals surface area contributed by atoms with Crippen molar-refractivity contribution in [1.82, 2.24) is 0 Å². The summed E-state index contributed by atoms with van der Waals surface area (Å²) in [5.74, 6) is 0.145. The molecule has 1 aromatic carbocycles. The molecule has 0 fully saturated rings. The molecule has 0 saturated carbocycles. The van der Waals surface area contributed by atoms with E-state index in [1.807, 2.05) is 30.3 Å². The number of rotatable bonds is 5. The fourth-order valence-electron chi connectivity index (χ4n) is 1.01. The lowest BCUT2D eigenvalue weighted by atomic mass is 10.2. The predicted octanol–water partition coefficient (Wildman–Crippen LogP) is 1.44. The van der Waals surface area contributed by atoms with Crippen LogP contribution in [-0.4, -0.2) is 18.9 Å². The summed E-state index contributed by atoms with van der Waals surface area (Å²) in [7, 11) is 0. The molecule has 3 nitrogen and oxygen atoms in total. The van der Waals surface area contributed by atoms with Crippen molar-refractivity contribution in [2.45, 2.75) is 6.42 Å². The Labute approximate surface area is 90.1 Å². The molecule has 4 heteroatoms. The van der Waals surface area contributed by atoms with Crippen LogP contribution in [0.25, 0.3) is 0 Å². The predicted molar refractivity (Wildman–Crippen MR) is 60.9 cm³/mol. The Balaban J connectivity index is 0.00000169. The van der Waals surface area contributed by atoms with E-state index >= 15 is 0 Å². The first kappa shape index (κ1) is 12.9. The Kier molecular flexibility index (Phi) is 6.80. The van der Waals surface area contributed by atoms with Crippen LogP contribution in [0.15, 0.2) is 30.3 Å². The molecule has 14 heavy (non-hydrogen) atoms. The highest BCUT2D eigenvalue weighted by Crippen LogP contribution is 2.03. The van der Waals surface area contributed by atoms with Gasteiger partial charge in [0.25, 0.3) is 0 Å². The Morgan fingerprint density at radius 2 is 1.93 bits per heavy atom. The minimum absolute atomic E-state index is 0. The Morgan fingerprint density at radius 1 is 1.29 bits per heavy atom. The molecular formula is C10H15ClN2O. The van der Waals surface area contributed by atoms with Crippen LogP contribution in [0.4, 0.5) is 5.69 Å². The molecular weight excluding hydrogens is 200 g/mol. The van der Waals surface area contributed by atoms with Gasteiger partial charge < -0.3 is 11.1 Å². The normalized spacial score (nSPS) is 8.93. The van der Waals surface area contributed by atoms with Gasteiger partial charge in [-0.05, 0) is 18.7 Å². The number of nitrogens with one attached hydrogen (secondary N) is 1. The monoisotopic (exact) mass is 214 g/mol. The maximum atomic E-state index is 11.1. The number of carbonyl (C=O) groups is 1. The largest absolute Gasteiger partial charge is 0.378 e. The van der Waals surface area contributed by atoms with E-state index in [0.717, 1.165) is 5.69 Å². The minimum Gasteiger partial charge on any atom is -0.378 e. The van der Waals surface area contributed by atoms with Gasteiger partial charge in [-0.25, -0.2) is 0 Å². The molecule has 0 aliphatic rings. The first-order valence-electron chi connectivity index (χ1n) is 4.33. The van der Waals surface area contributed by atoms with Gasteiger partial charge in [0.2, 0.25) is 0 Å². The number of ketones is 1. The molecule has 0 radical (unpaired) electrons. The fourth-order valence-corrected chi connectivity index (χ4v) is 1.01. The highest BCUT2D eigenvalue weighted by Gasteiger charge is 1.98. The molecule has 1 aromatic rings. The number of hydrogen-bond acceptors (Lipinski definition) is 3. The molecule has 0 bridgehead atoms. The third-order valence-electron chi connectivity index (χ3n) is 1.69. The first-order chi connectivity index (χ1) is 6.33. The molecule has 0 aliphatic carbocycles. The maximum absolute atomic E-state index is 11.1. The van der Waals surface area contributed by atoms with Crippen LogP contribution in [-0.2, 0) is 4.79 Å². The van der Waals surface area contributed by atoms with E-state index in [1.165, 1.54) is 0 Å². The van der Waals surface area contributed by atoms with Crippen molar-refractivity contribution in [3.63, 3.8) is 0 Å². The third kappa shape index (κ3) is 4.84. The molecule has 0 atom stereocenters. The van der Waals surface area contributed by atoms with Crippen molar-refractivity contribution in [3.05, 3.63) is 30.3 Å². The topological polar surface area (TPSA) is 55.1 Å². The highest BCUT2D eigenvalue weighted by molar-refractivity contribution is 5.85. The quantitative estimate of drug-likeness (QED) is 0.780. The minimum atomic E-state index is 0. The van der Waals surface area contributed by atoms with Crippen LogP contribution in [0.5, 0.6) is 0 Å². The van der Waals surface area contributed by atoms with E-state index in [2.05, 4.69) is 5.32 Å². The Bertz CT molecular complexity index is 264. The molecule has 78 valence electrons. The van der Waals surface area contributed by atoms with Crippen LogP contribution < -0.4 is 11.1 Å². The summed E-state index contributed by atoms with van der Waals surface area (Å²) in [6, 6.07) is 9.64. The molecule has 0 aromatic heterocycles. The summed E-state index contributed by atoms with van der Waals surface area (Å²) in [4.78, 5) is 11.1. The number of nitrogens with two attached hydrogens (primary N) is 1. The molecule has 1 rings (SSSR count). The fraction of sp³-hybridized carbons (Fsp3) is 0.300. The average Bonchev–Trinajstić information content (AvgIpc) is 2.17. The zero-order valence-corrected chi connectivity index (χ0v) is 8.72. The van der Waals surface area contributed by atoms with Crippen LogP contribution in [0, 0.1) is 0 Å². The summed E-state index contributed by atoms with van der Waals surface area (Å²) < 4.78 is 0. The summed E-state index contributed by atoms with van der Waals surface area (Å²) in [5.41, 5.74) is 6.22. The molecule has 3 N–H and O–H groups in total. The van der Waals surface area contributed by atoms with E-state index in [-0.39, 0.29) is 18.2 Å². The zero-order chi connectivity index (χ0) is 9.52. The van der Waals surface area contributed by atoms with Crippen molar-refractivity contribution in [2.24, 2.45) is 5.73 Å². The summed E-state index contributed by atoms with van der Waals surface area (Å²) in [6.07, 6.45) is 0.444. The molecule has 0 saturated heterocycles. The second-order valence-electron chi connectivity index (χ2n) is 2.80. The van der Waals surface area contributed by atoms with Gasteiger partial charge in [0.15, 0.2) is 5.78 Å². The van der Waals surface area contributed by atoms with Gasteiger partial charge in [0.1, 0.15) is 0 Å². The number of carbonyl (C=O) groups excluding carboxylic acids is 1. The smallest absolute Gasteiger partial charge is 0.153 e. The third-order valence-corrected chi connectivity index (χ3v) is 1.69. The van der Waals surface area contributed by atoms with Gasteiger partial charge in [0.05, 0.1) is 6.54 Å². The Morgan fingerprint density at radius 3 is 2.50 bits per heavy atom. The van der Waals surface area contributed by atoms with Crippen molar-refractivity contribution < 1.29 is 4.79 Å². The number of hydrogen-bond donors (Lipinski definition) is 2. The van der Waals surface area contributed by atoms with Crippen LogP contribution >= 0.6 is 12.4 Å². The standard InChI is InChI=1S/C10H14N2O.ClH/c11-7-6-10(13)8-12-9-4-2-1-3-5-9;/h1-5,12H,6-8,11H2;1H. The van der Waals surface area contributed by atoms with Crippen molar-refractivity contribution in [3.8, 4) is 0 Å². The lowest BCUT2D eigenvalue weighted by Crippen LogP contribution is -2.17. The zero-order valence-electron chi connectivity index (χ0n) is 7.90. The van der Waals surface area contributed by atoms with Gasteiger partial charge in [-0.15, -0.1) is 12.4 Å². The van der Waals surface area contributed by atoms with Crippen molar-refractivity contribution >= 4 is 23.9 Å². The summed E-state index contributed by atoms with van der Waals surface area (Å²) in [5, 5.41) is 3.02. The van der Waals surface area contributed by atoms with E-state index in [9.17, 15) is 4.79 Å². The average molecular weight is 215 g/mol. The van der Waals surface area contributed by atoms with Gasteiger partial charge in [-0.3, -0.25) is 4.79 Å². The number of benzene rings is 1. The summed E-state index contributed by atoms with van der Waals surface area (Å²) in [6.45, 7) is 0.788. The number of anilines is 1. The van der Waals surface area contributed by atoms with Gasteiger partial charge in [0, 0.05) is 12.1 Å². The lowest BCUT2D eigenvalue weighted by molar-refractivity contribution is -0.117. The van der Waals surface area contributed by atoms with Gasteiger partial charge >= 0.3 is 0 Å². The SMILES string of the molecule is Cl.NCCC(=O)CNc1ccccc1. The maximum Gasteiger partial charge on any atom is 0.153 e. The lowest BCUT2D eigenvalue weighted by Gasteiger charge is -2.03. The van der Waals surface area contributed by atoms with E-state index in [1.54, 1.807) is 0 Å².